The maximum atomic E-state index is 5.24. The maximum Gasteiger partial charge on any atom is 0.179 e. The van der Waals surface area contributed by atoms with Gasteiger partial charge in [-0.2, -0.15) is 0 Å². The van der Waals surface area contributed by atoms with E-state index in [4.69, 9.17) is 19.9 Å². The zero-order valence-electron chi connectivity index (χ0n) is 30.0. The molecule has 0 bridgehead atoms. The molecule has 0 amide bonds. The van der Waals surface area contributed by atoms with Gasteiger partial charge in [-0.1, -0.05) is 158 Å². The van der Waals surface area contributed by atoms with Crippen molar-refractivity contribution in [3.05, 3.63) is 206 Å². The Morgan fingerprint density at radius 2 is 1.11 bits per heavy atom. The van der Waals surface area contributed by atoms with Crippen molar-refractivity contribution >= 4 is 27.4 Å². The van der Waals surface area contributed by atoms with E-state index in [1.165, 1.54) is 0 Å². The first-order chi connectivity index (χ1) is 27.2. The molecule has 5 heteroatoms. The average Bonchev–Trinajstić information content (AvgIpc) is 3.27. The molecular formula is C50H35N5. The first-order valence-corrected chi connectivity index (χ1v) is 18.3. The molecular weight excluding hydrogens is 671 g/mol. The molecule has 4 heterocycles. The molecule has 0 atom stereocenters. The lowest BCUT2D eigenvalue weighted by Crippen LogP contribution is -1.97. The highest BCUT2D eigenvalue weighted by atomic mass is 14.9. The summed E-state index contributed by atoms with van der Waals surface area (Å²) in [6.07, 6.45) is 6.62. The van der Waals surface area contributed by atoms with Gasteiger partial charge in [0.15, 0.2) is 5.82 Å². The Morgan fingerprint density at radius 3 is 1.78 bits per heavy atom. The molecule has 55 heavy (non-hydrogen) atoms. The van der Waals surface area contributed by atoms with Gasteiger partial charge in [0, 0.05) is 45.8 Å². The topological polar surface area (TPSA) is 64.5 Å². The van der Waals surface area contributed by atoms with Crippen molar-refractivity contribution in [2.45, 2.75) is 6.42 Å². The zero-order valence-corrected chi connectivity index (χ0v) is 30.0. The summed E-state index contributed by atoms with van der Waals surface area (Å²) in [5.41, 5.74) is 13.4. The number of hydrogen-bond acceptors (Lipinski definition) is 5. The molecule has 4 aromatic heterocycles. The summed E-state index contributed by atoms with van der Waals surface area (Å²) in [5, 5.41) is 2.15. The Morgan fingerprint density at radius 1 is 0.491 bits per heavy atom. The third kappa shape index (κ3) is 7.07. The number of nitrogens with zero attached hydrogens (tertiary/aromatic N) is 5. The Kier molecular flexibility index (Phi) is 9.09. The molecule has 0 saturated carbocycles. The number of rotatable bonds is 9. The number of allylic oxidation sites excluding steroid dienone is 3. The van der Waals surface area contributed by atoms with E-state index in [1.54, 1.807) is 6.20 Å². The number of benzene rings is 5. The number of fused-ring (bicyclic) bond motifs is 3. The minimum absolute atomic E-state index is 0.589. The van der Waals surface area contributed by atoms with Crippen molar-refractivity contribution in [3.8, 4) is 56.4 Å². The van der Waals surface area contributed by atoms with Gasteiger partial charge in [-0.05, 0) is 52.6 Å². The van der Waals surface area contributed by atoms with Crippen LogP contribution in [0.15, 0.2) is 195 Å². The number of pyridine rings is 3. The van der Waals surface area contributed by atoms with Crippen LogP contribution in [0.5, 0.6) is 0 Å². The quantitative estimate of drug-likeness (QED) is 0.110. The molecule has 260 valence electrons. The van der Waals surface area contributed by atoms with Crippen molar-refractivity contribution in [1.29, 1.82) is 0 Å². The van der Waals surface area contributed by atoms with Crippen molar-refractivity contribution < 1.29 is 0 Å². The molecule has 0 fully saturated rings. The van der Waals surface area contributed by atoms with Crippen molar-refractivity contribution in [1.82, 2.24) is 24.9 Å². The van der Waals surface area contributed by atoms with Gasteiger partial charge in [0.2, 0.25) is 0 Å². The Labute approximate surface area is 320 Å². The Bertz CT molecular complexity index is 2760. The summed E-state index contributed by atoms with van der Waals surface area (Å²) in [4.78, 5) is 24.7. The fourth-order valence-electron chi connectivity index (χ4n) is 6.89. The van der Waals surface area contributed by atoms with Crippen LogP contribution in [0.4, 0.5) is 0 Å². The highest BCUT2D eigenvalue weighted by molar-refractivity contribution is 6.08. The van der Waals surface area contributed by atoms with E-state index < -0.39 is 0 Å². The number of aromatic nitrogens is 5. The second-order valence-electron chi connectivity index (χ2n) is 13.4. The van der Waals surface area contributed by atoms with Gasteiger partial charge in [-0.25, -0.2) is 15.0 Å². The summed E-state index contributed by atoms with van der Waals surface area (Å²) >= 11 is 0. The van der Waals surface area contributed by atoms with Gasteiger partial charge in [-0.3, -0.25) is 9.97 Å². The molecule has 0 aliphatic heterocycles. The lowest BCUT2D eigenvalue weighted by Gasteiger charge is -2.12. The van der Waals surface area contributed by atoms with E-state index in [-0.39, 0.29) is 0 Å². The molecule has 9 rings (SSSR count). The van der Waals surface area contributed by atoms with E-state index >= 15 is 0 Å². The number of hydrogen-bond donors (Lipinski definition) is 0. The van der Waals surface area contributed by atoms with E-state index in [9.17, 15) is 0 Å². The van der Waals surface area contributed by atoms with Crippen LogP contribution in [0.3, 0.4) is 0 Å². The van der Waals surface area contributed by atoms with Gasteiger partial charge in [-0.15, -0.1) is 0 Å². The van der Waals surface area contributed by atoms with Crippen LogP contribution < -0.4 is 0 Å². The third-order valence-electron chi connectivity index (χ3n) is 9.73. The average molecular weight is 706 g/mol. The SMILES string of the molecule is C=C(/C=C\Cc1cc(-c2ccccc2)c2ccc3ccc(-c4ccccc4)nc3c2n1)c1ccc(-c2cc(-c3ccccc3)nc(-c3ccccn3)n2)cc1. The summed E-state index contributed by atoms with van der Waals surface area (Å²) in [5.74, 6) is 0.589. The fourth-order valence-corrected chi connectivity index (χ4v) is 6.89. The lowest BCUT2D eigenvalue weighted by molar-refractivity contribution is 1.14. The summed E-state index contributed by atoms with van der Waals surface area (Å²) < 4.78 is 0. The standard InChI is InChI=1S/C50H35N5/c1-34(35-23-25-39(26-24-35)47-33-46(38-19-9-4-10-20-38)54-50(55-47)45-22-11-12-31-51-45)14-13-21-41-32-43(36-15-5-2-6-16-36)42-29-27-40-28-30-44(37-17-7-3-8-18-37)53-48(40)49(42)52-41/h2-20,22-33H,1,21H2/b14-13-. The van der Waals surface area contributed by atoms with Crippen molar-refractivity contribution in [2.24, 2.45) is 0 Å². The van der Waals surface area contributed by atoms with Gasteiger partial charge in [0.1, 0.15) is 5.69 Å². The summed E-state index contributed by atoms with van der Waals surface area (Å²) in [7, 11) is 0. The van der Waals surface area contributed by atoms with Crippen LogP contribution in [0, 0.1) is 0 Å². The second kappa shape index (κ2) is 14.9. The van der Waals surface area contributed by atoms with Gasteiger partial charge >= 0.3 is 0 Å². The summed E-state index contributed by atoms with van der Waals surface area (Å²) in [6, 6.07) is 57.9. The minimum atomic E-state index is 0.589. The molecule has 0 aliphatic carbocycles. The molecule has 0 spiro atoms. The van der Waals surface area contributed by atoms with Crippen LogP contribution in [0.25, 0.3) is 83.8 Å². The van der Waals surface area contributed by atoms with Crippen LogP contribution in [-0.4, -0.2) is 24.9 Å². The highest BCUT2D eigenvalue weighted by Crippen LogP contribution is 2.34. The maximum absolute atomic E-state index is 5.24. The molecule has 0 aliphatic rings. The van der Waals surface area contributed by atoms with Crippen molar-refractivity contribution in [2.75, 3.05) is 0 Å². The highest BCUT2D eigenvalue weighted by Gasteiger charge is 2.14. The molecule has 5 aromatic carbocycles. The van der Waals surface area contributed by atoms with E-state index in [0.29, 0.717) is 12.2 Å². The Hall–Kier alpha value is -7.37. The molecule has 0 unspecified atom stereocenters. The van der Waals surface area contributed by atoms with E-state index in [2.05, 4.69) is 127 Å². The van der Waals surface area contributed by atoms with Crippen LogP contribution >= 0.6 is 0 Å². The lowest BCUT2D eigenvalue weighted by atomic mass is 9.97. The molecule has 0 N–H and O–H groups in total. The summed E-state index contributed by atoms with van der Waals surface area (Å²) in [6.45, 7) is 4.41. The van der Waals surface area contributed by atoms with Crippen LogP contribution in [0.2, 0.25) is 0 Å². The first-order valence-electron chi connectivity index (χ1n) is 18.3. The minimum Gasteiger partial charge on any atom is -0.253 e. The van der Waals surface area contributed by atoms with E-state index in [1.807, 2.05) is 66.7 Å². The second-order valence-corrected chi connectivity index (χ2v) is 13.4. The predicted octanol–water partition coefficient (Wildman–Crippen LogP) is 12.1. The van der Waals surface area contributed by atoms with Gasteiger partial charge < -0.3 is 0 Å². The molecule has 5 nitrogen and oxygen atoms in total. The Balaban J connectivity index is 1.01. The largest absolute Gasteiger partial charge is 0.253 e. The fraction of sp³-hybridized carbons (Fsp3) is 0.0200. The smallest absolute Gasteiger partial charge is 0.179 e. The predicted molar refractivity (Wildman–Crippen MR) is 226 cm³/mol. The molecule has 9 aromatic rings. The van der Waals surface area contributed by atoms with Crippen molar-refractivity contribution in [3.63, 3.8) is 0 Å². The van der Waals surface area contributed by atoms with E-state index in [0.717, 1.165) is 89.2 Å². The third-order valence-corrected chi connectivity index (χ3v) is 9.73. The normalized spacial score (nSPS) is 11.3. The van der Waals surface area contributed by atoms with Crippen LogP contribution in [0.1, 0.15) is 11.3 Å². The first kappa shape index (κ1) is 33.5. The van der Waals surface area contributed by atoms with Gasteiger partial charge in [0.25, 0.3) is 0 Å². The van der Waals surface area contributed by atoms with Crippen LogP contribution in [-0.2, 0) is 6.42 Å². The zero-order chi connectivity index (χ0) is 37.0. The van der Waals surface area contributed by atoms with Gasteiger partial charge in [0.05, 0.1) is 28.1 Å². The molecule has 0 saturated heterocycles. The monoisotopic (exact) mass is 705 g/mol. The molecule has 0 radical (unpaired) electrons.